The summed E-state index contributed by atoms with van der Waals surface area (Å²) in [7, 11) is -9.24. The summed E-state index contributed by atoms with van der Waals surface area (Å²) >= 11 is 0. The molecule has 0 spiro atoms. The summed E-state index contributed by atoms with van der Waals surface area (Å²) < 4.78 is 70.7. The molecule has 7 heterocycles. The highest BCUT2D eigenvalue weighted by molar-refractivity contribution is 7.86. The smallest absolute Gasteiger partial charge is 0.386 e. The zero-order valence-electron chi connectivity index (χ0n) is 22.7. The molecule has 20 nitrogen and oxygen atoms in total. The topological polar surface area (TPSA) is 271 Å². The lowest BCUT2D eigenvalue weighted by Crippen LogP contribution is -2.39. The normalized spacial score (nSPS) is 36.1. The second-order valence-corrected chi connectivity index (χ2v) is 13.7. The van der Waals surface area contributed by atoms with Crippen LogP contribution < -0.4 is 11.3 Å². The minimum atomic E-state index is -4.91. The summed E-state index contributed by atoms with van der Waals surface area (Å²) in [6.07, 6.45) is -3.77. The average Bonchev–Trinajstić information content (AvgIpc) is 3.72. The van der Waals surface area contributed by atoms with Crippen molar-refractivity contribution >= 4 is 46.2 Å². The molecule has 3 aliphatic rings. The number of anilines is 1. The second-order valence-electron chi connectivity index (χ2n) is 10.6. The molecule has 22 heteroatoms. The number of nitrogen functional groups attached to an aromatic ring is 1. The monoisotopic (exact) mass is 655 g/mol. The third-order valence-electron chi connectivity index (χ3n) is 7.81. The second kappa shape index (κ2) is 10.6. The van der Waals surface area contributed by atoms with Crippen LogP contribution in [0.4, 0.5) is 5.95 Å². The van der Waals surface area contributed by atoms with E-state index >= 15 is 0 Å². The number of phosphoric acid groups is 1. The van der Waals surface area contributed by atoms with Crippen molar-refractivity contribution in [2.75, 3.05) is 18.1 Å². The number of hydrogen-bond acceptors (Lipinski definition) is 16. The van der Waals surface area contributed by atoms with Gasteiger partial charge < -0.3 is 25.2 Å². The van der Waals surface area contributed by atoms with Gasteiger partial charge in [-0.2, -0.15) is 13.4 Å². The number of hydrogen-bond donors (Lipinski definition) is 4. The molecule has 1 unspecified atom stereocenters. The number of nitrogens with zero attached hydrogens (tertiary/aromatic N) is 7. The Balaban J connectivity index is 1.21. The first kappa shape index (κ1) is 29.3. The molecule has 4 aromatic rings. The van der Waals surface area contributed by atoms with Gasteiger partial charge in [0.15, 0.2) is 29.3 Å². The van der Waals surface area contributed by atoms with Gasteiger partial charge in [-0.1, -0.05) is 6.92 Å². The van der Waals surface area contributed by atoms with Crippen LogP contribution in [0.1, 0.15) is 25.8 Å². The van der Waals surface area contributed by atoms with Crippen molar-refractivity contribution in [3.8, 4) is 0 Å². The van der Waals surface area contributed by atoms with E-state index in [1.165, 1.54) is 34.3 Å². The van der Waals surface area contributed by atoms with Crippen molar-refractivity contribution in [2.24, 2.45) is 5.92 Å². The van der Waals surface area contributed by atoms with Gasteiger partial charge in [0, 0.05) is 5.92 Å². The summed E-state index contributed by atoms with van der Waals surface area (Å²) in [5.41, 5.74) is 5.72. The molecule has 3 saturated heterocycles. The zero-order valence-corrected chi connectivity index (χ0v) is 24.4. The van der Waals surface area contributed by atoms with Crippen molar-refractivity contribution in [1.82, 2.24) is 39.0 Å². The molecule has 0 radical (unpaired) electrons. The van der Waals surface area contributed by atoms with E-state index in [0.717, 1.165) is 0 Å². The van der Waals surface area contributed by atoms with Gasteiger partial charge in [0.05, 0.1) is 37.3 Å². The third kappa shape index (κ3) is 5.08. The maximum Gasteiger partial charge on any atom is 0.472 e. The first-order valence-electron chi connectivity index (χ1n) is 13.3. The number of phosphoric ester groups is 1. The number of nitrogens with one attached hydrogen (secondary N) is 1. The van der Waals surface area contributed by atoms with Crippen LogP contribution in [0.15, 0.2) is 30.0 Å². The molecule has 7 rings (SSSR count). The molecule has 0 aliphatic carbocycles. The van der Waals surface area contributed by atoms with Crippen LogP contribution in [0.25, 0.3) is 22.3 Å². The Bertz CT molecular complexity index is 1950. The van der Waals surface area contributed by atoms with Gasteiger partial charge in [0.2, 0.25) is 5.95 Å². The summed E-state index contributed by atoms with van der Waals surface area (Å²) in [5.74, 6) is -1.41. The first-order valence-corrected chi connectivity index (χ1v) is 16.4. The molecule has 3 aliphatic heterocycles. The maximum absolute atomic E-state index is 13.3. The molecule has 236 valence electrons. The minimum absolute atomic E-state index is 0.0167. The number of aromatic nitrogens is 8. The van der Waals surface area contributed by atoms with Crippen molar-refractivity contribution in [2.45, 2.75) is 56.3 Å². The predicted molar refractivity (Wildman–Crippen MR) is 145 cm³/mol. The Kier molecular flexibility index (Phi) is 7.06. The van der Waals surface area contributed by atoms with E-state index in [1.807, 2.05) is 0 Å². The van der Waals surface area contributed by atoms with E-state index < -0.39 is 84.8 Å². The standard InChI is InChI=1S/C22H26N9O11PS/c1-9-11-2-3-44(36,37)42-16-12(40-20(14(16)32)30-7-26-10-4-24-6-25-17(10)30)5-38-43(34,35)41-15(9)21(39-11)31-8-27-13-18(31)28-22(23)29-19(13)33/h4,6-9,11-12,14-16,20-21,32H,2-3,5H2,1H3,(H,34,35)(H3,23,28,29,33)/t9-,11-,12-,14-,15-,16-,20-,21-/m1/s1. The molecule has 0 amide bonds. The third-order valence-corrected chi connectivity index (χ3v) is 10.0. The fourth-order valence-electron chi connectivity index (χ4n) is 5.69. The van der Waals surface area contributed by atoms with E-state index in [9.17, 15) is 27.8 Å². The van der Waals surface area contributed by atoms with Crippen LogP contribution in [-0.2, 0) is 37.4 Å². The number of aromatic amines is 1. The molecule has 5 N–H and O–H groups in total. The van der Waals surface area contributed by atoms with Crippen molar-refractivity contribution < 1.29 is 45.7 Å². The van der Waals surface area contributed by atoms with Crippen LogP contribution in [0, 0.1) is 5.92 Å². The van der Waals surface area contributed by atoms with E-state index in [2.05, 4.69) is 29.9 Å². The van der Waals surface area contributed by atoms with Gasteiger partial charge in [-0.3, -0.25) is 32.1 Å². The van der Waals surface area contributed by atoms with Gasteiger partial charge in [-0.05, 0) is 6.42 Å². The minimum Gasteiger partial charge on any atom is -0.386 e. The van der Waals surface area contributed by atoms with Gasteiger partial charge in [0.1, 0.15) is 36.3 Å². The molecular formula is C22H26N9O11PS. The maximum atomic E-state index is 13.3. The summed E-state index contributed by atoms with van der Waals surface area (Å²) in [6.45, 7) is 0.933. The zero-order chi connectivity index (χ0) is 31.0. The summed E-state index contributed by atoms with van der Waals surface area (Å²) in [6, 6.07) is 0. The Hall–Kier alpha value is -3.40. The van der Waals surface area contributed by atoms with Gasteiger partial charge in [-0.25, -0.2) is 24.5 Å². The molecule has 44 heavy (non-hydrogen) atoms. The number of imidazole rings is 2. The van der Waals surface area contributed by atoms with Crippen LogP contribution in [0.2, 0.25) is 0 Å². The lowest BCUT2D eigenvalue weighted by molar-refractivity contribution is -0.0584. The molecule has 0 saturated carbocycles. The van der Waals surface area contributed by atoms with Crippen LogP contribution in [-0.4, -0.2) is 100 Å². The van der Waals surface area contributed by atoms with E-state index in [0.29, 0.717) is 5.52 Å². The highest BCUT2D eigenvalue weighted by Gasteiger charge is 2.52. The molecule has 0 aromatic carbocycles. The highest BCUT2D eigenvalue weighted by Crippen LogP contribution is 2.52. The molecular weight excluding hydrogens is 629 g/mol. The molecule has 2 bridgehead atoms. The van der Waals surface area contributed by atoms with Crippen LogP contribution in [0.5, 0.6) is 0 Å². The Labute approximate surface area is 246 Å². The number of rotatable bonds is 2. The Morgan fingerprint density at radius 3 is 2.66 bits per heavy atom. The molecule has 9 atom stereocenters. The first-order chi connectivity index (χ1) is 20.9. The number of ether oxygens (including phenoxy) is 2. The number of H-pyrrole nitrogens is 1. The van der Waals surface area contributed by atoms with E-state index in [4.69, 9.17) is 28.4 Å². The van der Waals surface area contributed by atoms with E-state index in [-0.39, 0.29) is 29.2 Å². The van der Waals surface area contributed by atoms with Gasteiger partial charge in [0.25, 0.3) is 15.7 Å². The highest BCUT2D eigenvalue weighted by atomic mass is 32.2. The fourth-order valence-corrected chi connectivity index (χ4v) is 7.88. The van der Waals surface area contributed by atoms with E-state index in [1.54, 1.807) is 6.92 Å². The summed E-state index contributed by atoms with van der Waals surface area (Å²) in [4.78, 5) is 45.8. The predicted octanol–water partition coefficient (Wildman–Crippen LogP) is -1.05. The van der Waals surface area contributed by atoms with Crippen molar-refractivity contribution in [3.63, 3.8) is 0 Å². The molecule has 4 aromatic heterocycles. The van der Waals surface area contributed by atoms with Crippen molar-refractivity contribution in [3.05, 3.63) is 35.5 Å². The average molecular weight is 656 g/mol. The SMILES string of the molecule is C[C@H]1[C@H]2OP(=O)(O)OC[C@H]3O[C@@H](n4cnc5cncnc54)[C@H](O)[C@@H]3OS(=O)(=O)CC[C@H]1O[C@H]2n1cnc2c(=O)[nH]c(N)nc21. The number of nitrogens with two attached hydrogens (primary N) is 1. The number of aliphatic hydroxyl groups excluding tert-OH is 1. The van der Waals surface area contributed by atoms with Crippen molar-refractivity contribution in [1.29, 1.82) is 0 Å². The van der Waals surface area contributed by atoms with Gasteiger partial charge in [-0.15, -0.1) is 0 Å². The lowest BCUT2D eigenvalue weighted by Gasteiger charge is -2.25. The number of aliphatic hydroxyl groups is 1. The number of fused-ring (bicyclic) bond motifs is 5. The largest absolute Gasteiger partial charge is 0.472 e. The van der Waals surface area contributed by atoms with Gasteiger partial charge >= 0.3 is 7.82 Å². The Morgan fingerprint density at radius 2 is 1.84 bits per heavy atom. The molecule has 3 fully saturated rings. The van der Waals surface area contributed by atoms with Crippen LogP contribution >= 0.6 is 7.82 Å². The fraction of sp³-hybridized carbons (Fsp3) is 0.545. The summed E-state index contributed by atoms with van der Waals surface area (Å²) in [5, 5.41) is 11.2. The Morgan fingerprint density at radius 1 is 1.09 bits per heavy atom. The lowest BCUT2D eigenvalue weighted by atomic mass is 9.99. The van der Waals surface area contributed by atoms with Crippen LogP contribution in [0.3, 0.4) is 0 Å². The quantitative estimate of drug-likeness (QED) is 0.148.